The van der Waals surface area contributed by atoms with E-state index in [-0.39, 0.29) is 24.5 Å². The molecule has 0 unspecified atom stereocenters. The average Bonchev–Trinajstić information content (AvgIpc) is 2.66. The highest BCUT2D eigenvalue weighted by atomic mass is 32.2. The summed E-state index contributed by atoms with van der Waals surface area (Å²) in [5.41, 5.74) is 1.43. The van der Waals surface area contributed by atoms with Crippen molar-refractivity contribution in [2.45, 2.75) is 37.7 Å². The summed E-state index contributed by atoms with van der Waals surface area (Å²) in [6.07, 6.45) is -0.152. The van der Waals surface area contributed by atoms with Gasteiger partial charge in [-0.3, -0.25) is 4.79 Å². The van der Waals surface area contributed by atoms with E-state index in [4.69, 9.17) is 9.47 Å². The number of hydrogen-bond acceptors (Lipinski definition) is 5. The van der Waals surface area contributed by atoms with Crippen LogP contribution in [0.4, 0.5) is 4.39 Å². The zero-order valence-electron chi connectivity index (χ0n) is 16.1. The Bertz CT molecular complexity index is 911. The van der Waals surface area contributed by atoms with Crippen LogP contribution in [0.15, 0.2) is 47.4 Å². The molecule has 2 aromatic carbocycles. The fraction of sp³-hybridized carbons (Fsp3) is 0.350. The Morgan fingerprint density at radius 2 is 1.82 bits per heavy atom. The molecule has 0 spiro atoms. The van der Waals surface area contributed by atoms with Gasteiger partial charge in [-0.25, -0.2) is 17.5 Å². The Morgan fingerprint density at radius 3 is 2.43 bits per heavy atom. The number of sulfonamides is 1. The zero-order valence-corrected chi connectivity index (χ0v) is 16.9. The van der Waals surface area contributed by atoms with E-state index in [9.17, 15) is 17.6 Å². The molecule has 2 aromatic rings. The number of halogens is 1. The number of carbonyl (C=O) groups is 1. The number of esters is 1. The van der Waals surface area contributed by atoms with Crippen molar-refractivity contribution in [2.75, 3.05) is 13.7 Å². The number of carbonyl (C=O) groups excluding carboxylic acids is 1. The Hall–Kier alpha value is -2.45. The zero-order chi connectivity index (χ0) is 20.7. The Kier molecular flexibility index (Phi) is 7.53. The van der Waals surface area contributed by atoms with Gasteiger partial charge >= 0.3 is 5.97 Å². The maximum Gasteiger partial charge on any atom is 0.307 e. The van der Waals surface area contributed by atoms with E-state index in [1.165, 1.54) is 37.4 Å². The molecule has 0 fully saturated rings. The highest BCUT2D eigenvalue weighted by molar-refractivity contribution is 7.89. The fourth-order valence-electron chi connectivity index (χ4n) is 2.49. The minimum absolute atomic E-state index is 0.104. The van der Waals surface area contributed by atoms with Crippen LogP contribution < -0.4 is 9.46 Å². The van der Waals surface area contributed by atoms with Crippen LogP contribution in [-0.4, -0.2) is 28.0 Å². The monoisotopic (exact) mass is 409 g/mol. The first-order valence-electron chi connectivity index (χ1n) is 8.80. The average molecular weight is 409 g/mol. The molecule has 6 nitrogen and oxygen atoms in total. The molecule has 2 rings (SSSR count). The van der Waals surface area contributed by atoms with E-state index in [0.717, 1.165) is 5.56 Å². The number of ether oxygens (including phenoxy) is 2. The van der Waals surface area contributed by atoms with E-state index in [2.05, 4.69) is 4.72 Å². The maximum atomic E-state index is 13.3. The molecule has 0 bridgehead atoms. The number of nitrogens with one attached hydrogen (secondary N) is 1. The van der Waals surface area contributed by atoms with Crippen LogP contribution in [0.2, 0.25) is 0 Å². The van der Waals surface area contributed by atoms with Gasteiger partial charge in [0.25, 0.3) is 0 Å². The summed E-state index contributed by atoms with van der Waals surface area (Å²) in [6, 6.07) is 10.5. The summed E-state index contributed by atoms with van der Waals surface area (Å²) in [4.78, 5) is 12.0. The van der Waals surface area contributed by atoms with Crippen LogP contribution in [0.25, 0.3) is 0 Å². The first-order chi connectivity index (χ1) is 13.2. The van der Waals surface area contributed by atoms with Crippen LogP contribution in [0.3, 0.4) is 0 Å². The largest absolute Gasteiger partial charge is 0.496 e. The molecule has 28 heavy (non-hydrogen) atoms. The van der Waals surface area contributed by atoms with Crippen molar-refractivity contribution in [1.29, 1.82) is 0 Å². The van der Waals surface area contributed by atoms with Crippen LogP contribution in [-0.2, 0) is 26.2 Å². The molecule has 1 N–H and O–H groups in total. The SMILES string of the molecule is COc1ccc(F)cc1COC(=O)CCNS(=O)(=O)c1ccc(C(C)C)cc1. The summed E-state index contributed by atoms with van der Waals surface area (Å²) >= 11 is 0. The van der Waals surface area contributed by atoms with Gasteiger partial charge in [-0.2, -0.15) is 0 Å². The van der Waals surface area contributed by atoms with Crippen molar-refractivity contribution in [2.24, 2.45) is 0 Å². The number of rotatable bonds is 9. The van der Waals surface area contributed by atoms with E-state index >= 15 is 0 Å². The minimum Gasteiger partial charge on any atom is -0.496 e. The van der Waals surface area contributed by atoms with Gasteiger partial charge in [-0.05, 0) is 41.8 Å². The van der Waals surface area contributed by atoms with Gasteiger partial charge < -0.3 is 9.47 Å². The molecule has 0 aliphatic carbocycles. The molecule has 0 amide bonds. The number of benzene rings is 2. The molecular weight excluding hydrogens is 385 g/mol. The normalized spacial score (nSPS) is 11.5. The van der Waals surface area contributed by atoms with Crippen molar-refractivity contribution in [3.63, 3.8) is 0 Å². The fourth-order valence-corrected chi connectivity index (χ4v) is 3.52. The van der Waals surface area contributed by atoms with Crippen molar-refractivity contribution >= 4 is 16.0 Å². The molecule has 152 valence electrons. The highest BCUT2D eigenvalue weighted by Crippen LogP contribution is 2.20. The second kappa shape index (κ2) is 9.66. The van der Waals surface area contributed by atoms with Gasteiger partial charge in [0, 0.05) is 12.1 Å². The molecule has 8 heteroatoms. The topological polar surface area (TPSA) is 81.7 Å². The first kappa shape index (κ1) is 21.8. The van der Waals surface area contributed by atoms with Crippen molar-refractivity contribution in [3.8, 4) is 5.75 Å². The van der Waals surface area contributed by atoms with Crippen LogP contribution in [0.5, 0.6) is 5.75 Å². The first-order valence-corrected chi connectivity index (χ1v) is 10.3. The summed E-state index contributed by atoms with van der Waals surface area (Å²) in [5, 5.41) is 0. The molecule has 0 saturated carbocycles. The molecule has 0 heterocycles. The Morgan fingerprint density at radius 1 is 1.14 bits per heavy atom. The molecule has 0 aromatic heterocycles. The van der Waals surface area contributed by atoms with Crippen LogP contribution in [0, 0.1) is 5.82 Å². The van der Waals surface area contributed by atoms with Gasteiger partial charge in [-0.1, -0.05) is 26.0 Å². The molecule has 0 saturated heterocycles. The number of methoxy groups -OCH3 is 1. The lowest BCUT2D eigenvalue weighted by atomic mass is 10.0. The van der Waals surface area contributed by atoms with Gasteiger partial charge in [-0.15, -0.1) is 0 Å². The smallest absolute Gasteiger partial charge is 0.307 e. The lowest BCUT2D eigenvalue weighted by Gasteiger charge is -2.10. The summed E-state index contributed by atoms with van der Waals surface area (Å²) in [6.45, 7) is 3.77. The molecular formula is C20H24FNO5S. The maximum absolute atomic E-state index is 13.3. The third-order valence-corrected chi connectivity index (χ3v) is 5.59. The molecule has 0 aliphatic rings. The summed E-state index contributed by atoms with van der Waals surface area (Å²) in [5.74, 6) is -0.372. The molecule has 0 aliphatic heterocycles. The van der Waals surface area contributed by atoms with E-state index in [1.807, 2.05) is 13.8 Å². The minimum atomic E-state index is -3.71. The van der Waals surface area contributed by atoms with Gasteiger partial charge in [0.05, 0.1) is 18.4 Å². The molecule has 0 radical (unpaired) electrons. The van der Waals surface area contributed by atoms with E-state index in [1.54, 1.807) is 12.1 Å². The van der Waals surface area contributed by atoms with Crippen LogP contribution in [0.1, 0.15) is 37.3 Å². The second-order valence-electron chi connectivity index (χ2n) is 6.49. The predicted molar refractivity (Wildman–Crippen MR) is 103 cm³/mol. The predicted octanol–water partition coefficient (Wildman–Crippen LogP) is 3.37. The lowest BCUT2D eigenvalue weighted by Crippen LogP contribution is -2.26. The van der Waals surface area contributed by atoms with Crippen molar-refractivity contribution in [1.82, 2.24) is 4.72 Å². The Balaban J connectivity index is 1.85. The quantitative estimate of drug-likeness (QED) is 0.642. The third kappa shape index (κ3) is 6.03. The van der Waals surface area contributed by atoms with Crippen LogP contribution >= 0.6 is 0 Å². The lowest BCUT2D eigenvalue weighted by molar-refractivity contribution is -0.144. The van der Waals surface area contributed by atoms with Gasteiger partial charge in [0.2, 0.25) is 10.0 Å². The van der Waals surface area contributed by atoms with Gasteiger partial charge in [0.15, 0.2) is 0 Å². The van der Waals surface area contributed by atoms with Crippen molar-refractivity contribution < 1.29 is 27.1 Å². The van der Waals surface area contributed by atoms with E-state index in [0.29, 0.717) is 17.2 Å². The Labute approximate surface area is 164 Å². The summed E-state index contributed by atoms with van der Waals surface area (Å²) < 4.78 is 50.4. The number of hydrogen-bond donors (Lipinski definition) is 1. The standard InChI is InChI=1S/C20H24FNO5S/c1-14(2)15-4-7-18(8-5-15)28(24,25)22-11-10-20(23)27-13-16-12-17(21)6-9-19(16)26-3/h4-9,12,14,22H,10-11,13H2,1-3H3. The third-order valence-electron chi connectivity index (χ3n) is 4.11. The second-order valence-corrected chi connectivity index (χ2v) is 8.26. The van der Waals surface area contributed by atoms with Crippen molar-refractivity contribution in [3.05, 3.63) is 59.4 Å². The van der Waals surface area contributed by atoms with Gasteiger partial charge in [0.1, 0.15) is 18.2 Å². The van der Waals surface area contributed by atoms with E-state index < -0.39 is 21.8 Å². The summed E-state index contributed by atoms with van der Waals surface area (Å²) in [7, 11) is -2.28. The highest BCUT2D eigenvalue weighted by Gasteiger charge is 2.15. The molecule has 0 atom stereocenters.